The van der Waals surface area contributed by atoms with Crippen molar-refractivity contribution in [1.29, 1.82) is 0 Å². The van der Waals surface area contributed by atoms with Crippen LogP contribution in [0.5, 0.6) is 0 Å². The number of benzene rings is 1. The molecule has 0 saturated carbocycles. The molecule has 2 heterocycles. The van der Waals surface area contributed by atoms with E-state index in [9.17, 15) is 13.2 Å². The van der Waals surface area contributed by atoms with Crippen LogP contribution in [-0.2, 0) is 22.9 Å². The lowest BCUT2D eigenvalue weighted by Gasteiger charge is -2.21. The van der Waals surface area contributed by atoms with E-state index in [1.165, 1.54) is 18.2 Å². The number of nitrogens with zero attached hydrogens (tertiary/aromatic N) is 1. The van der Waals surface area contributed by atoms with E-state index < -0.39 is 9.84 Å². The maximum absolute atomic E-state index is 13.0. The monoisotopic (exact) mass is 409 g/mol. The number of carbonyl (C=O) groups is 1. The van der Waals surface area contributed by atoms with E-state index in [0.717, 1.165) is 11.1 Å². The predicted octanol–water partition coefficient (Wildman–Crippen LogP) is 4.24. The SMILES string of the molecule is CS(=O)(=O)c1cc(C(=O)N(Cc2ccco2)Cc2cccs2)ccc1Cl. The molecule has 0 bridgehead atoms. The van der Waals surface area contributed by atoms with E-state index in [4.69, 9.17) is 16.0 Å². The number of hydrogen-bond donors (Lipinski definition) is 0. The Hall–Kier alpha value is -2.09. The van der Waals surface area contributed by atoms with Crippen molar-refractivity contribution in [3.05, 3.63) is 75.3 Å². The number of halogens is 1. The molecule has 5 nitrogen and oxygen atoms in total. The summed E-state index contributed by atoms with van der Waals surface area (Å²) in [7, 11) is -3.53. The summed E-state index contributed by atoms with van der Waals surface area (Å²) >= 11 is 7.52. The molecule has 0 N–H and O–H groups in total. The molecule has 0 atom stereocenters. The summed E-state index contributed by atoms with van der Waals surface area (Å²) in [6.45, 7) is 0.675. The molecule has 136 valence electrons. The van der Waals surface area contributed by atoms with Gasteiger partial charge in [-0.3, -0.25) is 4.79 Å². The first-order valence-corrected chi connectivity index (χ1v) is 10.8. The van der Waals surface area contributed by atoms with E-state index >= 15 is 0 Å². The van der Waals surface area contributed by atoms with Gasteiger partial charge in [0.25, 0.3) is 5.91 Å². The Morgan fingerprint density at radius 1 is 1.19 bits per heavy atom. The summed E-state index contributed by atoms with van der Waals surface area (Å²) < 4.78 is 29.1. The second kappa shape index (κ2) is 7.65. The summed E-state index contributed by atoms with van der Waals surface area (Å²) in [5.74, 6) is 0.351. The van der Waals surface area contributed by atoms with Gasteiger partial charge in [0.05, 0.1) is 29.3 Å². The van der Waals surface area contributed by atoms with Crippen LogP contribution in [0.25, 0.3) is 0 Å². The minimum atomic E-state index is -3.53. The fourth-order valence-electron chi connectivity index (χ4n) is 2.48. The third-order valence-corrected chi connectivity index (χ3v) is 6.16. The van der Waals surface area contributed by atoms with Gasteiger partial charge < -0.3 is 9.32 Å². The molecular weight excluding hydrogens is 394 g/mol. The van der Waals surface area contributed by atoms with Gasteiger partial charge in [0.2, 0.25) is 0 Å². The van der Waals surface area contributed by atoms with Gasteiger partial charge in [-0.1, -0.05) is 17.7 Å². The zero-order chi connectivity index (χ0) is 18.7. The minimum absolute atomic E-state index is 0.0564. The molecule has 0 unspecified atom stereocenters. The fraction of sp³-hybridized carbons (Fsp3) is 0.167. The van der Waals surface area contributed by atoms with Crippen molar-refractivity contribution in [1.82, 2.24) is 4.90 Å². The largest absolute Gasteiger partial charge is 0.467 e. The van der Waals surface area contributed by atoms with E-state index in [1.54, 1.807) is 34.6 Å². The van der Waals surface area contributed by atoms with E-state index in [0.29, 0.717) is 12.3 Å². The Labute approximate surface area is 160 Å². The summed E-state index contributed by atoms with van der Waals surface area (Å²) in [6, 6.07) is 11.7. The predicted molar refractivity (Wildman–Crippen MR) is 101 cm³/mol. The Morgan fingerprint density at radius 2 is 2.00 bits per heavy atom. The van der Waals surface area contributed by atoms with Gasteiger partial charge in [0.15, 0.2) is 9.84 Å². The van der Waals surface area contributed by atoms with Crippen LogP contribution in [-0.4, -0.2) is 25.5 Å². The quantitative estimate of drug-likeness (QED) is 0.610. The topological polar surface area (TPSA) is 67.6 Å². The highest BCUT2D eigenvalue weighted by molar-refractivity contribution is 7.90. The summed E-state index contributed by atoms with van der Waals surface area (Å²) in [4.78, 5) is 15.6. The lowest BCUT2D eigenvalue weighted by Crippen LogP contribution is -2.29. The number of amides is 1. The molecule has 2 aromatic heterocycles. The third kappa shape index (κ3) is 4.35. The number of sulfone groups is 1. The highest BCUT2D eigenvalue weighted by Gasteiger charge is 2.21. The Kier molecular flexibility index (Phi) is 5.50. The van der Waals surface area contributed by atoms with Crippen LogP contribution in [0.3, 0.4) is 0 Å². The maximum Gasteiger partial charge on any atom is 0.254 e. The molecule has 26 heavy (non-hydrogen) atoms. The fourth-order valence-corrected chi connectivity index (χ4v) is 4.50. The zero-order valence-corrected chi connectivity index (χ0v) is 16.3. The number of carbonyl (C=O) groups excluding carboxylic acids is 1. The van der Waals surface area contributed by atoms with E-state index in [1.807, 2.05) is 17.5 Å². The van der Waals surface area contributed by atoms with Gasteiger partial charge in [-0.15, -0.1) is 11.3 Å². The van der Waals surface area contributed by atoms with Gasteiger partial charge >= 0.3 is 0 Å². The van der Waals surface area contributed by atoms with Crippen LogP contribution < -0.4 is 0 Å². The third-order valence-electron chi connectivity index (χ3n) is 3.72. The highest BCUT2D eigenvalue weighted by atomic mass is 35.5. The lowest BCUT2D eigenvalue weighted by molar-refractivity contribution is 0.0719. The van der Waals surface area contributed by atoms with Crippen LogP contribution in [0, 0.1) is 0 Å². The first-order chi connectivity index (χ1) is 12.3. The molecule has 0 fully saturated rings. The van der Waals surface area contributed by atoms with Gasteiger partial charge in [-0.25, -0.2) is 8.42 Å². The van der Waals surface area contributed by atoms with Crippen LogP contribution >= 0.6 is 22.9 Å². The zero-order valence-electron chi connectivity index (χ0n) is 13.9. The van der Waals surface area contributed by atoms with Crippen molar-refractivity contribution >= 4 is 38.7 Å². The van der Waals surface area contributed by atoms with Crippen LogP contribution in [0.1, 0.15) is 21.0 Å². The van der Waals surface area contributed by atoms with Crippen molar-refractivity contribution in [2.75, 3.05) is 6.26 Å². The molecule has 3 aromatic rings. The van der Waals surface area contributed by atoms with E-state index in [2.05, 4.69) is 0 Å². The Morgan fingerprint density at radius 3 is 2.62 bits per heavy atom. The summed E-state index contributed by atoms with van der Waals surface area (Å²) in [6.07, 6.45) is 2.61. The molecule has 0 aliphatic heterocycles. The van der Waals surface area contributed by atoms with Gasteiger partial charge in [0.1, 0.15) is 5.76 Å². The second-order valence-corrected chi connectivity index (χ2v) is 9.16. The number of hydrogen-bond acceptors (Lipinski definition) is 5. The average Bonchev–Trinajstić information content (AvgIpc) is 3.27. The second-order valence-electron chi connectivity index (χ2n) is 5.74. The standard InChI is InChI=1S/C18H16ClNO4S2/c1-26(22,23)17-10-13(6-7-16(17)19)18(21)20(11-14-4-2-8-24-14)12-15-5-3-9-25-15/h2-10H,11-12H2,1H3. The Balaban J connectivity index is 1.94. The molecular formula is C18H16ClNO4S2. The number of rotatable bonds is 6. The maximum atomic E-state index is 13.0. The summed E-state index contributed by atoms with van der Waals surface area (Å²) in [5, 5.41) is 2.04. The Bertz CT molecular complexity index is 960. The van der Waals surface area contributed by atoms with Crippen LogP contribution in [0.4, 0.5) is 0 Å². The van der Waals surface area contributed by atoms with Crippen molar-refractivity contribution in [2.24, 2.45) is 0 Å². The van der Waals surface area contributed by atoms with Crippen molar-refractivity contribution < 1.29 is 17.6 Å². The summed E-state index contributed by atoms with van der Waals surface area (Å²) in [5.41, 5.74) is 0.262. The van der Waals surface area contributed by atoms with Crippen molar-refractivity contribution in [3.63, 3.8) is 0 Å². The van der Waals surface area contributed by atoms with Crippen molar-refractivity contribution in [3.8, 4) is 0 Å². The first kappa shape index (κ1) is 18.7. The molecule has 0 aliphatic carbocycles. The van der Waals surface area contributed by atoms with Crippen molar-refractivity contribution in [2.45, 2.75) is 18.0 Å². The van der Waals surface area contributed by atoms with Gasteiger partial charge in [-0.2, -0.15) is 0 Å². The average molecular weight is 410 g/mol. The minimum Gasteiger partial charge on any atom is -0.467 e. The van der Waals surface area contributed by atoms with Gasteiger partial charge in [0, 0.05) is 16.7 Å². The van der Waals surface area contributed by atoms with Gasteiger partial charge in [-0.05, 0) is 41.8 Å². The van der Waals surface area contributed by atoms with Crippen LogP contribution in [0.2, 0.25) is 5.02 Å². The van der Waals surface area contributed by atoms with E-state index in [-0.39, 0.29) is 27.9 Å². The molecule has 3 rings (SSSR count). The number of thiophene rings is 1. The first-order valence-electron chi connectivity index (χ1n) is 7.68. The molecule has 0 radical (unpaired) electrons. The normalized spacial score (nSPS) is 11.5. The lowest BCUT2D eigenvalue weighted by atomic mass is 10.2. The molecule has 0 spiro atoms. The molecule has 1 aromatic carbocycles. The molecule has 1 amide bonds. The smallest absolute Gasteiger partial charge is 0.254 e. The van der Waals surface area contributed by atoms with Crippen LogP contribution in [0.15, 0.2) is 63.4 Å². The molecule has 0 aliphatic rings. The highest BCUT2D eigenvalue weighted by Crippen LogP contribution is 2.24. The molecule has 0 saturated heterocycles. The number of furan rings is 1. The molecule has 8 heteroatoms.